The number of dihydropyridines is 1. The van der Waals surface area contributed by atoms with Crippen molar-refractivity contribution in [3.8, 4) is 0 Å². The molecule has 0 saturated carbocycles. The zero-order chi connectivity index (χ0) is 11.9. The van der Waals surface area contributed by atoms with Gasteiger partial charge in [-0.15, -0.1) is 0 Å². The van der Waals surface area contributed by atoms with E-state index in [0.29, 0.717) is 0 Å². The third-order valence-electron chi connectivity index (χ3n) is 3.62. The lowest BCUT2D eigenvalue weighted by atomic mass is 9.93. The Morgan fingerprint density at radius 1 is 1.11 bits per heavy atom. The minimum Gasteiger partial charge on any atom is -0.387 e. The molecule has 0 aliphatic carbocycles. The van der Waals surface area contributed by atoms with E-state index in [1.165, 1.54) is 27.5 Å². The molecule has 1 aromatic rings. The lowest BCUT2D eigenvalue weighted by Gasteiger charge is -2.21. The summed E-state index contributed by atoms with van der Waals surface area (Å²) in [6, 6.07) is 4.36. The zero-order valence-electron chi connectivity index (χ0n) is 9.90. The number of benzene rings is 1. The summed E-state index contributed by atoms with van der Waals surface area (Å²) in [6.45, 7) is 1.71. The first kappa shape index (κ1) is 9.71. The van der Waals surface area contributed by atoms with Crippen LogP contribution in [0.4, 0.5) is 0 Å². The fourth-order valence-corrected chi connectivity index (χ4v) is 2.71. The molecule has 1 aromatic carbocycles. The van der Waals surface area contributed by atoms with E-state index in [4.69, 9.17) is 4.99 Å². The Bertz CT molecular complexity index is 736. The molecule has 0 amide bonds. The van der Waals surface area contributed by atoms with Gasteiger partial charge < -0.3 is 10.6 Å². The average molecular weight is 235 g/mol. The van der Waals surface area contributed by atoms with Gasteiger partial charge in [0.2, 0.25) is 0 Å². The SMILES string of the molecule is C1=Cc2ccc3c(c2=CN1)=NCC1=C3C=CNC1. The number of rotatable bonds is 0. The summed E-state index contributed by atoms with van der Waals surface area (Å²) in [7, 11) is 0. The maximum absolute atomic E-state index is 4.75. The summed E-state index contributed by atoms with van der Waals surface area (Å²) in [4.78, 5) is 4.75. The fourth-order valence-electron chi connectivity index (χ4n) is 2.71. The van der Waals surface area contributed by atoms with Gasteiger partial charge in [-0.25, -0.2) is 0 Å². The highest BCUT2D eigenvalue weighted by Gasteiger charge is 2.16. The molecule has 3 heteroatoms. The molecule has 0 aromatic heterocycles. The molecule has 3 heterocycles. The lowest BCUT2D eigenvalue weighted by Crippen LogP contribution is -2.37. The Labute approximate surface area is 105 Å². The monoisotopic (exact) mass is 235 g/mol. The minimum atomic E-state index is 0.799. The van der Waals surface area contributed by atoms with Crippen LogP contribution < -0.4 is 21.2 Å². The molecular weight excluding hydrogens is 222 g/mol. The summed E-state index contributed by atoms with van der Waals surface area (Å²) in [5.74, 6) is 0. The summed E-state index contributed by atoms with van der Waals surface area (Å²) < 4.78 is 0. The fraction of sp³-hybridized carbons (Fsp3) is 0.133. The van der Waals surface area contributed by atoms with Gasteiger partial charge in [0.05, 0.1) is 11.9 Å². The van der Waals surface area contributed by atoms with E-state index in [0.717, 1.165) is 18.4 Å². The van der Waals surface area contributed by atoms with Crippen LogP contribution in [0.1, 0.15) is 11.1 Å². The highest BCUT2D eigenvalue weighted by atomic mass is 14.9. The van der Waals surface area contributed by atoms with E-state index in [1.807, 2.05) is 18.6 Å². The van der Waals surface area contributed by atoms with Crippen molar-refractivity contribution in [2.75, 3.05) is 13.1 Å². The Hall–Kier alpha value is -2.29. The predicted molar refractivity (Wildman–Crippen MR) is 72.8 cm³/mol. The molecule has 0 radical (unpaired) electrons. The molecule has 0 unspecified atom stereocenters. The van der Waals surface area contributed by atoms with Crippen LogP contribution in [0.25, 0.3) is 17.8 Å². The van der Waals surface area contributed by atoms with Crippen LogP contribution in [-0.4, -0.2) is 13.1 Å². The lowest BCUT2D eigenvalue weighted by molar-refractivity contribution is 0.872. The third-order valence-corrected chi connectivity index (χ3v) is 3.62. The molecule has 3 aliphatic rings. The van der Waals surface area contributed by atoms with Crippen LogP contribution in [0.3, 0.4) is 0 Å². The summed E-state index contributed by atoms with van der Waals surface area (Å²) in [5, 5.41) is 8.72. The van der Waals surface area contributed by atoms with E-state index < -0.39 is 0 Å². The number of fused-ring (bicyclic) bond motifs is 4. The van der Waals surface area contributed by atoms with Crippen molar-refractivity contribution in [3.05, 3.63) is 57.9 Å². The van der Waals surface area contributed by atoms with Gasteiger partial charge in [0.25, 0.3) is 0 Å². The number of hydrogen-bond acceptors (Lipinski definition) is 3. The number of nitrogens with zero attached hydrogens (tertiary/aromatic N) is 1. The minimum absolute atomic E-state index is 0.799. The van der Waals surface area contributed by atoms with Gasteiger partial charge in [0, 0.05) is 29.7 Å². The Morgan fingerprint density at radius 2 is 2.11 bits per heavy atom. The second-order valence-electron chi connectivity index (χ2n) is 4.66. The zero-order valence-corrected chi connectivity index (χ0v) is 9.90. The van der Waals surface area contributed by atoms with Gasteiger partial charge in [-0.3, -0.25) is 4.99 Å². The van der Waals surface area contributed by atoms with Gasteiger partial charge in [-0.2, -0.15) is 0 Å². The smallest absolute Gasteiger partial charge is 0.0749 e. The molecule has 0 spiro atoms. The van der Waals surface area contributed by atoms with Crippen LogP contribution in [0, 0.1) is 0 Å². The summed E-state index contributed by atoms with van der Waals surface area (Å²) in [5.41, 5.74) is 5.20. The van der Waals surface area contributed by atoms with E-state index in [1.54, 1.807) is 0 Å². The van der Waals surface area contributed by atoms with Gasteiger partial charge in [-0.1, -0.05) is 12.1 Å². The largest absolute Gasteiger partial charge is 0.387 e. The van der Waals surface area contributed by atoms with E-state index >= 15 is 0 Å². The first-order chi connectivity index (χ1) is 8.93. The Morgan fingerprint density at radius 3 is 3.11 bits per heavy atom. The van der Waals surface area contributed by atoms with Crippen molar-refractivity contribution in [3.63, 3.8) is 0 Å². The van der Waals surface area contributed by atoms with Gasteiger partial charge in [0.15, 0.2) is 0 Å². The van der Waals surface area contributed by atoms with Crippen molar-refractivity contribution in [1.82, 2.24) is 10.6 Å². The Kier molecular flexibility index (Phi) is 1.94. The van der Waals surface area contributed by atoms with Gasteiger partial charge in [0.1, 0.15) is 0 Å². The molecule has 3 aliphatic heterocycles. The van der Waals surface area contributed by atoms with Crippen molar-refractivity contribution in [2.24, 2.45) is 4.99 Å². The molecule has 0 atom stereocenters. The molecule has 88 valence electrons. The quantitative estimate of drug-likeness (QED) is 0.687. The molecule has 0 bridgehead atoms. The first-order valence-electron chi connectivity index (χ1n) is 6.16. The summed E-state index contributed by atoms with van der Waals surface area (Å²) >= 11 is 0. The van der Waals surface area contributed by atoms with Crippen LogP contribution in [0.2, 0.25) is 0 Å². The standard InChI is InChI=1S/C15H13N3/c1-2-13-12-4-6-16-7-11(12)8-18-15(13)14-9-17-5-3-10(1)14/h1-6,9,16-17H,7-8H2. The maximum atomic E-state index is 4.75. The highest BCUT2D eigenvalue weighted by molar-refractivity contribution is 5.79. The molecule has 0 fully saturated rings. The number of hydrogen-bond donors (Lipinski definition) is 2. The molecule has 3 nitrogen and oxygen atoms in total. The maximum Gasteiger partial charge on any atom is 0.0749 e. The van der Waals surface area contributed by atoms with E-state index in [2.05, 4.69) is 34.9 Å². The van der Waals surface area contributed by atoms with Gasteiger partial charge >= 0.3 is 0 Å². The van der Waals surface area contributed by atoms with Crippen molar-refractivity contribution in [2.45, 2.75) is 0 Å². The molecule has 0 saturated heterocycles. The molecular formula is C15H13N3. The molecule has 18 heavy (non-hydrogen) atoms. The van der Waals surface area contributed by atoms with Gasteiger partial charge in [-0.05, 0) is 35.1 Å². The second kappa shape index (κ2) is 3.60. The highest BCUT2D eigenvalue weighted by Crippen LogP contribution is 2.22. The van der Waals surface area contributed by atoms with Crippen LogP contribution >= 0.6 is 0 Å². The van der Waals surface area contributed by atoms with Crippen LogP contribution in [0.15, 0.2) is 41.2 Å². The molecule has 4 rings (SSSR count). The predicted octanol–water partition coefficient (Wildman–Crippen LogP) is 0.502. The van der Waals surface area contributed by atoms with Crippen molar-refractivity contribution in [1.29, 1.82) is 0 Å². The number of allylic oxidation sites excluding steroid dienone is 2. The van der Waals surface area contributed by atoms with Crippen LogP contribution in [0.5, 0.6) is 0 Å². The first-order valence-corrected chi connectivity index (χ1v) is 6.16. The topological polar surface area (TPSA) is 36.4 Å². The number of nitrogens with one attached hydrogen (secondary N) is 2. The molecule has 2 N–H and O–H groups in total. The van der Waals surface area contributed by atoms with Crippen molar-refractivity contribution >= 4 is 17.8 Å². The summed E-state index contributed by atoms with van der Waals surface area (Å²) in [6.07, 6.45) is 10.3. The van der Waals surface area contributed by atoms with Crippen LogP contribution in [-0.2, 0) is 0 Å². The van der Waals surface area contributed by atoms with E-state index in [9.17, 15) is 0 Å². The average Bonchev–Trinajstić information content (AvgIpc) is 2.46. The van der Waals surface area contributed by atoms with Crippen molar-refractivity contribution < 1.29 is 0 Å². The second-order valence-corrected chi connectivity index (χ2v) is 4.66. The normalized spacial score (nSPS) is 18.7. The third kappa shape index (κ3) is 1.27. The Balaban J connectivity index is 2.05. The van der Waals surface area contributed by atoms with E-state index in [-0.39, 0.29) is 0 Å².